The van der Waals surface area contributed by atoms with E-state index in [1.165, 1.54) is 56.7 Å². The maximum atomic E-state index is 11.4. The number of carbonyl (C=O) groups excluding carboxylic acids is 1. The Labute approximate surface area is 198 Å². The molecule has 1 saturated carbocycles. The number of nitrogens with one attached hydrogen (secondary N) is 1. The summed E-state index contributed by atoms with van der Waals surface area (Å²) in [5.74, 6) is 3.72. The quantitative estimate of drug-likeness (QED) is 0.310. The molecule has 6 nitrogen and oxygen atoms in total. The van der Waals surface area contributed by atoms with Crippen molar-refractivity contribution in [2.24, 2.45) is 16.6 Å². The van der Waals surface area contributed by atoms with Gasteiger partial charge in [0, 0.05) is 56.2 Å². The third kappa shape index (κ3) is 7.16. The van der Waals surface area contributed by atoms with Crippen molar-refractivity contribution < 1.29 is 4.79 Å². The van der Waals surface area contributed by atoms with Gasteiger partial charge in [0.25, 0.3) is 0 Å². The highest BCUT2D eigenvalue weighted by Crippen LogP contribution is 2.35. The standard InChI is InChI=1S/C21H39N5OS.HI/c1-2-23-20(25-10-6-7-18(16-25)15-19(22)27)24-17-21(8-4-3-5-9-21)26-11-13-28-14-12-26;/h18H,2-17H2,1H3,(H2,22,27)(H,23,24);1H. The molecule has 1 atom stereocenters. The molecule has 1 aliphatic carbocycles. The summed E-state index contributed by atoms with van der Waals surface area (Å²) in [5.41, 5.74) is 5.70. The number of nitrogens with two attached hydrogens (primary N) is 1. The van der Waals surface area contributed by atoms with Gasteiger partial charge in [-0.25, -0.2) is 0 Å². The van der Waals surface area contributed by atoms with Crippen LogP contribution in [0.4, 0.5) is 0 Å². The van der Waals surface area contributed by atoms with Crippen LogP contribution in [0.2, 0.25) is 0 Å². The van der Waals surface area contributed by atoms with Crippen LogP contribution in [-0.4, -0.2) is 78.0 Å². The van der Waals surface area contributed by atoms with Crippen LogP contribution >= 0.6 is 35.7 Å². The normalized spacial score (nSPS) is 25.9. The zero-order valence-electron chi connectivity index (χ0n) is 18.0. The lowest BCUT2D eigenvalue weighted by atomic mass is 9.80. The second kappa shape index (κ2) is 12.6. The number of nitrogens with zero attached hydrogens (tertiary/aromatic N) is 3. The molecule has 0 radical (unpaired) electrons. The molecule has 2 saturated heterocycles. The van der Waals surface area contributed by atoms with Crippen LogP contribution < -0.4 is 11.1 Å². The molecule has 29 heavy (non-hydrogen) atoms. The molecule has 168 valence electrons. The minimum Gasteiger partial charge on any atom is -0.370 e. The van der Waals surface area contributed by atoms with Crippen molar-refractivity contribution in [3.63, 3.8) is 0 Å². The van der Waals surface area contributed by atoms with E-state index in [9.17, 15) is 4.79 Å². The topological polar surface area (TPSA) is 74.0 Å². The van der Waals surface area contributed by atoms with Crippen LogP contribution in [0.1, 0.15) is 58.3 Å². The monoisotopic (exact) mass is 537 g/mol. The van der Waals surface area contributed by atoms with E-state index in [1.807, 2.05) is 0 Å². The predicted octanol–water partition coefficient (Wildman–Crippen LogP) is 2.91. The zero-order valence-corrected chi connectivity index (χ0v) is 21.2. The van der Waals surface area contributed by atoms with Gasteiger partial charge in [-0.1, -0.05) is 19.3 Å². The first-order valence-corrected chi connectivity index (χ1v) is 12.4. The van der Waals surface area contributed by atoms with Crippen molar-refractivity contribution in [3.8, 4) is 0 Å². The molecule has 0 bridgehead atoms. The first-order valence-electron chi connectivity index (χ1n) is 11.3. The van der Waals surface area contributed by atoms with Crippen LogP contribution in [0.25, 0.3) is 0 Å². The number of rotatable bonds is 6. The number of thioether (sulfide) groups is 1. The molecule has 3 aliphatic rings. The molecule has 2 heterocycles. The van der Waals surface area contributed by atoms with Crippen LogP contribution in [-0.2, 0) is 4.79 Å². The highest BCUT2D eigenvalue weighted by Gasteiger charge is 2.38. The number of likely N-dealkylation sites (tertiary alicyclic amines) is 1. The van der Waals surface area contributed by atoms with E-state index in [0.717, 1.165) is 45.0 Å². The number of amides is 1. The highest BCUT2D eigenvalue weighted by molar-refractivity contribution is 14.0. The Kier molecular flexibility index (Phi) is 10.9. The van der Waals surface area contributed by atoms with Gasteiger partial charge in [0.1, 0.15) is 0 Å². The Balaban J connectivity index is 0.00000300. The zero-order chi connectivity index (χ0) is 19.8. The lowest BCUT2D eigenvalue weighted by molar-refractivity contribution is -0.119. The van der Waals surface area contributed by atoms with Gasteiger partial charge >= 0.3 is 0 Å². The Morgan fingerprint density at radius 1 is 1.17 bits per heavy atom. The van der Waals surface area contributed by atoms with E-state index in [4.69, 9.17) is 10.7 Å². The first-order chi connectivity index (χ1) is 13.6. The fraction of sp³-hybridized carbons (Fsp3) is 0.905. The van der Waals surface area contributed by atoms with Crippen LogP contribution in [0.5, 0.6) is 0 Å². The number of primary amides is 1. The molecule has 3 rings (SSSR count). The minimum absolute atomic E-state index is 0. The number of aliphatic imine (C=N–C) groups is 1. The van der Waals surface area contributed by atoms with E-state index >= 15 is 0 Å². The molecule has 3 N–H and O–H groups in total. The van der Waals surface area contributed by atoms with Gasteiger partial charge in [0.15, 0.2) is 5.96 Å². The molecule has 0 spiro atoms. The molecule has 0 aromatic carbocycles. The summed E-state index contributed by atoms with van der Waals surface area (Å²) in [7, 11) is 0. The van der Waals surface area contributed by atoms with E-state index in [2.05, 4.69) is 33.8 Å². The van der Waals surface area contributed by atoms with E-state index < -0.39 is 0 Å². The van der Waals surface area contributed by atoms with Gasteiger partial charge in [-0.15, -0.1) is 24.0 Å². The van der Waals surface area contributed by atoms with E-state index in [1.54, 1.807) is 0 Å². The molecule has 1 unspecified atom stereocenters. The van der Waals surface area contributed by atoms with Crippen molar-refractivity contribution in [1.82, 2.24) is 15.1 Å². The summed E-state index contributed by atoms with van der Waals surface area (Å²) in [6, 6.07) is 0. The SMILES string of the molecule is CCNC(=NCC1(N2CCSCC2)CCCCC1)N1CCCC(CC(N)=O)C1.I. The molecule has 1 amide bonds. The Bertz CT molecular complexity index is 535. The minimum atomic E-state index is -0.182. The van der Waals surface area contributed by atoms with Crippen LogP contribution in [0, 0.1) is 5.92 Å². The first kappa shape index (κ1) is 25.0. The summed E-state index contributed by atoms with van der Waals surface area (Å²) in [5, 5.41) is 3.52. The number of piperidine rings is 1. The van der Waals surface area contributed by atoms with Gasteiger partial charge < -0.3 is 16.0 Å². The summed E-state index contributed by atoms with van der Waals surface area (Å²) >= 11 is 2.09. The van der Waals surface area contributed by atoms with Crippen LogP contribution in [0.15, 0.2) is 4.99 Å². The maximum Gasteiger partial charge on any atom is 0.217 e. The van der Waals surface area contributed by atoms with E-state index in [0.29, 0.717) is 12.3 Å². The highest BCUT2D eigenvalue weighted by atomic mass is 127. The molecule has 0 aromatic rings. The largest absolute Gasteiger partial charge is 0.370 e. The molecule has 0 aromatic heterocycles. The van der Waals surface area contributed by atoms with Crippen molar-refractivity contribution in [1.29, 1.82) is 0 Å². The van der Waals surface area contributed by atoms with Gasteiger partial charge in [-0.05, 0) is 38.5 Å². The molecular weight excluding hydrogens is 497 g/mol. The number of halogens is 1. The third-order valence-electron chi connectivity index (χ3n) is 6.63. The molecule has 3 fully saturated rings. The number of carbonyl (C=O) groups is 1. The number of hydrogen-bond acceptors (Lipinski definition) is 4. The lowest BCUT2D eigenvalue weighted by Crippen LogP contribution is -2.56. The summed E-state index contributed by atoms with van der Waals surface area (Å²) < 4.78 is 0. The second-order valence-electron chi connectivity index (χ2n) is 8.68. The average Bonchev–Trinajstić information content (AvgIpc) is 2.72. The van der Waals surface area contributed by atoms with E-state index in [-0.39, 0.29) is 35.4 Å². The van der Waals surface area contributed by atoms with Gasteiger partial charge in [0.05, 0.1) is 6.54 Å². The molecule has 2 aliphatic heterocycles. The summed E-state index contributed by atoms with van der Waals surface area (Å²) in [6.07, 6.45) is 9.29. The van der Waals surface area contributed by atoms with Crippen LogP contribution in [0.3, 0.4) is 0 Å². The smallest absolute Gasteiger partial charge is 0.217 e. The maximum absolute atomic E-state index is 11.4. The van der Waals surface area contributed by atoms with Crippen molar-refractivity contribution >= 4 is 47.6 Å². The number of guanidine groups is 1. The lowest BCUT2D eigenvalue weighted by Gasteiger charge is -2.47. The van der Waals surface area contributed by atoms with Crippen molar-refractivity contribution in [2.75, 3.05) is 50.8 Å². The average molecular weight is 538 g/mol. The summed E-state index contributed by atoms with van der Waals surface area (Å²) in [6.45, 7) is 8.25. The molecular formula is C21H40IN5OS. The fourth-order valence-electron chi connectivity index (χ4n) is 5.18. The second-order valence-corrected chi connectivity index (χ2v) is 9.90. The summed E-state index contributed by atoms with van der Waals surface area (Å²) in [4.78, 5) is 21.7. The van der Waals surface area contributed by atoms with Crippen molar-refractivity contribution in [3.05, 3.63) is 0 Å². The third-order valence-corrected chi connectivity index (χ3v) is 7.58. The number of hydrogen-bond donors (Lipinski definition) is 2. The Hall–Kier alpha value is -0.220. The molecule has 8 heteroatoms. The van der Waals surface area contributed by atoms with Gasteiger partial charge in [-0.2, -0.15) is 11.8 Å². The Morgan fingerprint density at radius 2 is 1.90 bits per heavy atom. The Morgan fingerprint density at radius 3 is 2.55 bits per heavy atom. The van der Waals surface area contributed by atoms with Gasteiger partial charge in [0.2, 0.25) is 5.91 Å². The van der Waals surface area contributed by atoms with Crippen molar-refractivity contribution in [2.45, 2.75) is 63.8 Å². The van der Waals surface area contributed by atoms with Gasteiger partial charge in [-0.3, -0.25) is 14.7 Å². The predicted molar refractivity (Wildman–Crippen MR) is 134 cm³/mol. The fourth-order valence-corrected chi connectivity index (χ4v) is 6.08.